The van der Waals surface area contributed by atoms with Gasteiger partial charge < -0.3 is 21.3 Å². The summed E-state index contributed by atoms with van der Waals surface area (Å²) in [4.78, 5) is 25.5. The molecule has 0 unspecified atom stereocenters. The van der Waals surface area contributed by atoms with E-state index in [2.05, 4.69) is 55.1 Å². The summed E-state index contributed by atoms with van der Waals surface area (Å²) in [6.07, 6.45) is 7.90. The minimum atomic E-state index is -0.328. The van der Waals surface area contributed by atoms with Gasteiger partial charge in [-0.2, -0.15) is 4.98 Å². The molecule has 1 saturated carbocycles. The fourth-order valence-corrected chi connectivity index (χ4v) is 4.53. The van der Waals surface area contributed by atoms with Gasteiger partial charge in [-0.15, -0.1) is 0 Å². The maximum atomic E-state index is 14.3. The van der Waals surface area contributed by atoms with Gasteiger partial charge in [0.1, 0.15) is 23.0 Å². The lowest BCUT2D eigenvalue weighted by molar-refractivity contribution is 0.0956. The van der Waals surface area contributed by atoms with E-state index in [1.54, 1.807) is 0 Å². The molecule has 9 heteroatoms. The molecule has 1 aromatic carbocycles. The molecule has 196 valence electrons. The molecule has 1 spiro atoms. The summed E-state index contributed by atoms with van der Waals surface area (Å²) in [7, 11) is 0. The van der Waals surface area contributed by atoms with Crippen molar-refractivity contribution in [2.24, 2.45) is 10.4 Å². The van der Waals surface area contributed by atoms with Gasteiger partial charge in [0.15, 0.2) is 0 Å². The first-order chi connectivity index (χ1) is 17.6. The Hall–Kier alpha value is -3.59. The number of hydrogen-bond donors (Lipinski definition) is 4. The maximum Gasteiger partial charge on any atom is 0.256 e. The molecular weight excluding hydrogens is 469 g/mol. The highest BCUT2D eigenvalue weighted by atomic mass is 19.1. The minimum absolute atomic E-state index is 0.162. The first-order valence-electron chi connectivity index (χ1n) is 12.7. The van der Waals surface area contributed by atoms with Gasteiger partial charge in [0.25, 0.3) is 5.91 Å². The fraction of sp³-hybridized carbons (Fsp3) is 0.429. The van der Waals surface area contributed by atoms with Crippen molar-refractivity contribution < 1.29 is 9.18 Å². The van der Waals surface area contributed by atoms with Gasteiger partial charge in [-0.3, -0.25) is 4.79 Å². The van der Waals surface area contributed by atoms with Crippen LogP contribution >= 0.6 is 0 Å². The average Bonchev–Trinajstić information content (AvgIpc) is 3.60. The summed E-state index contributed by atoms with van der Waals surface area (Å²) in [5.74, 6) is 0.218. The molecule has 0 atom stereocenters. The Morgan fingerprint density at radius 3 is 2.76 bits per heavy atom. The molecule has 1 fully saturated rings. The Kier molecular flexibility index (Phi) is 7.73. The van der Waals surface area contributed by atoms with E-state index >= 15 is 0 Å². The molecule has 8 nitrogen and oxygen atoms in total. The number of carbonyl (C=O) groups is 1. The van der Waals surface area contributed by atoms with E-state index in [1.165, 1.54) is 42.3 Å². The molecule has 0 saturated heterocycles. The van der Waals surface area contributed by atoms with Gasteiger partial charge in [0, 0.05) is 36.9 Å². The molecule has 4 N–H and O–H groups in total. The summed E-state index contributed by atoms with van der Waals surface area (Å²) in [6, 6.07) is 6.34. The number of hydrogen-bond acceptors (Lipinski definition) is 7. The van der Waals surface area contributed by atoms with Crippen molar-refractivity contribution >= 4 is 30.1 Å². The van der Waals surface area contributed by atoms with E-state index in [0.717, 1.165) is 18.7 Å². The maximum absolute atomic E-state index is 14.3. The second kappa shape index (κ2) is 10.8. The third-order valence-electron chi connectivity index (χ3n) is 6.39. The Balaban J connectivity index is 1.59. The number of halogens is 1. The van der Waals surface area contributed by atoms with Crippen molar-refractivity contribution in [1.82, 2.24) is 20.6 Å². The number of carbonyl (C=O) groups excluding carboxylic acids is 1. The van der Waals surface area contributed by atoms with Crippen molar-refractivity contribution in [3.63, 3.8) is 0 Å². The van der Waals surface area contributed by atoms with Gasteiger partial charge >= 0.3 is 0 Å². The zero-order chi connectivity index (χ0) is 26.6. The van der Waals surface area contributed by atoms with Crippen LogP contribution in [-0.2, 0) is 12.0 Å². The fourth-order valence-electron chi connectivity index (χ4n) is 4.53. The third kappa shape index (κ3) is 6.60. The summed E-state index contributed by atoms with van der Waals surface area (Å²) < 4.78 is 14.3. The van der Waals surface area contributed by atoms with E-state index in [4.69, 9.17) is 0 Å². The van der Waals surface area contributed by atoms with Crippen LogP contribution in [-0.4, -0.2) is 35.7 Å². The third-order valence-corrected chi connectivity index (χ3v) is 6.39. The second-order valence-corrected chi connectivity index (χ2v) is 10.8. The van der Waals surface area contributed by atoms with Crippen molar-refractivity contribution in [3.8, 4) is 0 Å². The first-order valence-corrected chi connectivity index (χ1v) is 12.7. The molecule has 1 aliphatic carbocycles. The molecule has 2 aliphatic rings. The number of aliphatic imine (C=N–C) groups is 1. The van der Waals surface area contributed by atoms with E-state index in [1.807, 2.05) is 33.8 Å². The lowest BCUT2D eigenvalue weighted by atomic mass is 9.91. The van der Waals surface area contributed by atoms with Crippen LogP contribution in [0.5, 0.6) is 0 Å². The molecule has 2 aromatic rings. The van der Waals surface area contributed by atoms with E-state index in [-0.39, 0.29) is 46.3 Å². The molecular formula is C28H36FN7O. The smallest absolute Gasteiger partial charge is 0.256 e. The minimum Gasteiger partial charge on any atom is -0.352 e. The predicted octanol–water partition coefficient (Wildman–Crippen LogP) is 5.35. The van der Waals surface area contributed by atoms with Gasteiger partial charge in [-0.1, -0.05) is 26.8 Å². The average molecular weight is 506 g/mol. The van der Waals surface area contributed by atoms with E-state index < -0.39 is 0 Å². The number of benzene rings is 1. The predicted molar refractivity (Wildman–Crippen MR) is 147 cm³/mol. The summed E-state index contributed by atoms with van der Waals surface area (Å²) in [5, 5.41) is 12.7. The molecule has 0 bridgehead atoms. The molecule has 1 aliphatic heterocycles. The van der Waals surface area contributed by atoms with Gasteiger partial charge in [0.05, 0.1) is 0 Å². The molecule has 1 aromatic heterocycles. The molecule has 37 heavy (non-hydrogen) atoms. The lowest BCUT2D eigenvalue weighted by Gasteiger charge is -2.27. The van der Waals surface area contributed by atoms with Crippen molar-refractivity contribution in [1.29, 1.82) is 0 Å². The summed E-state index contributed by atoms with van der Waals surface area (Å²) >= 11 is 0. The van der Waals surface area contributed by atoms with Crippen LogP contribution in [0, 0.1) is 5.41 Å². The molecule has 4 rings (SSSR count). The number of allylic oxidation sites excluding steroid dienone is 3. The first kappa shape index (κ1) is 26.5. The quantitative estimate of drug-likeness (QED) is 0.271. The summed E-state index contributed by atoms with van der Waals surface area (Å²) in [5.41, 5.74) is 3.79. The van der Waals surface area contributed by atoms with Crippen LogP contribution in [0.4, 0.5) is 21.8 Å². The zero-order valence-corrected chi connectivity index (χ0v) is 22.0. The Bertz CT molecular complexity index is 1240. The highest BCUT2D eigenvalue weighted by Gasteiger charge is 2.46. The Labute approximate surface area is 218 Å². The SMILES string of the molecule is C=N/C(=C\C=C(\F)CC(C)(C)C)Nc1nc(Nc2ccc3c(c2)CCNC32CC2)ncc1C(=O)NCC. The molecule has 0 radical (unpaired) electrons. The normalized spacial score (nSPS) is 16.7. The Morgan fingerprint density at radius 1 is 1.30 bits per heavy atom. The van der Waals surface area contributed by atoms with E-state index in [0.29, 0.717) is 12.5 Å². The van der Waals surface area contributed by atoms with Crippen LogP contribution in [0.2, 0.25) is 0 Å². The highest BCUT2D eigenvalue weighted by Crippen LogP contribution is 2.48. The van der Waals surface area contributed by atoms with Crippen molar-refractivity contribution in [2.75, 3.05) is 23.7 Å². The van der Waals surface area contributed by atoms with Crippen LogP contribution in [0.1, 0.15) is 68.4 Å². The largest absolute Gasteiger partial charge is 0.352 e. The number of aromatic nitrogens is 2. The number of nitrogens with zero attached hydrogens (tertiary/aromatic N) is 3. The second-order valence-electron chi connectivity index (χ2n) is 10.8. The number of amides is 1. The standard InChI is InChI=1S/C28H36FN7O/c1-6-31-25(37)21-17-32-26(34-20-8-9-22-18(15-20)11-14-33-28(22)12-13-28)36-24(21)35-23(30-5)10-7-19(29)16-27(2,3)4/h7-10,15,17,33H,5-6,11-14,16H2,1-4H3,(H,31,37)(H2,32,34,35,36)/b19-7+,23-10+. The van der Waals surface area contributed by atoms with Crippen LogP contribution in [0.25, 0.3) is 0 Å². The zero-order valence-electron chi connectivity index (χ0n) is 22.0. The summed E-state index contributed by atoms with van der Waals surface area (Å²) in [6.45, 7) is 12.7. The molecule has 2 heterocycles. The van der Waals surface area contributed by atoms with Gasteiger partial charge in [-0.05, 0) is 73.7 Å². The number of nitrogens with one attached hydrogen (secondary N) is 4. The molecule has 1 amide bonds. The highest BCUT2D eigenvalue weighted by molar-refractivity contribution is 5.98. The van der Waals surface area contributed by atoms with Crippen molar-refractivity contribution in [3.05, 3.63) is 64.9 Å². The number of anilines is 3. The monoisotopic (exact) mass is 505 g/mol. The van der Waals surface area contributed by atoms with E-state index in [9.17, 15) is 9.18 Å². The topological polar surface area (TPSA) is 103 Å². The van der Waals surface area contributed by atoms with Crippen LogP contribution < -0.4 is 21.3 Å². The van der Waals surface area contributed by atoms with Gasteiger partial charge in [0.2, 0.25) is 5.95 Å². The lowest BCUT2D eigenvalue weighted by Crippen LogP contribution is -2.36. The number of rotatable bonds is 9. The Morgan fingerprint density at radius 2 is 2.08 bits per heavy atom. The van der Waals surface area contributed by atoms with Gasteiger partial charge in [-0.25, -0.2) is 14.4 Å². The number of fused-ring (bicyclic) bond motifs is 2. The van der Waals surface area contributed by atoms with Crippen molar-refractivity contribution in [2.45, 2.75) is 58.9 Å². The van der Waals surface area contributed by atoms with Crippen LogP contribution in [0.15, 0.2) is 53.2 Å². The van der Waals surface area contributed by atoms with Crippen LogP contribution in [0.3, 0.4) is 0 Å².